The maximum Gasteiger partial charge on any atom is 0.340 e. The van der Waals surface area contributed by atoms with Gasteiger partial charge >= 0.3 is 12.0 Å². The number of primary amides is 1. The van der Waals surface area contributed by atoms with Gasteiger partial charge in [0.25, 0.3) is 0 Å². The van der Waals surface area contributed by atoms with E-state index in [0.717, 1.165) is 21.6 Å². The van der Waals surface area contributed by atoms with E-state index in [-0.39, 0.29) is 6.10 Å². The molecule has 2 amide bonds. The summed E-state index contributed by atoms with van der Waals surface area (Å²) in [6, 6.07) is 5.01. The van der Waals surface area contributed by atoms with Crippen molar-refractivity contribution < 1.29 is 19.1 Å². The number of carbonyl (C=O) groups excluding carboxylic acids is 2. The van der Waals surface area contributed by atoms with E-state index in [0.29, 0.717) is 24.5 Å². The van der Waals surface area contributed by atoms with Crippen molar-refractivity contribution >= 4 is 29.5 Å². The number of esters is 1. The Morgan fingerprint density at radius 2 is 2.21 bits per heavy atom. The highest BCUT2D eigenvalue weighted by atomic mass is 32.2. The van der Waals surface area contributed by atoms with Crippen LogP contribution < -0.4 is 10.5 Å². The van der Waals surface area contributed by atoms with Gasteiger partial charge in [-0.1, -0.05) is 17.8 Å². The van der Waals surface area contributed by atoms with Crippen molar-refractivity contribution in [1.82, 2.24) is 15.1 Å². The van der Waals surface area contributed by atoms with Crippen LogP contribution in [0.3, 0.4) is 0 Å². The summed E-state index contributed by atoms with van der Waals surface area (Å²) in [5.41, 5.74) is 8.87. The topological polar surface area (TPSA) is 111 Å². The lowest BCUT2D eigenvalue weighted by molar-refractivity contribution is -0.148. The fourth-order valence-electron chi connectivity index (χ4n) is 3.30. The van der Waals surface area contributed by atoms with Crippen molar-refractivity contribution in [2.75, 3.05) is 6.61 Å². The Bertz CT molecular complexity index is 955. The first-order chi connectivity index (χ1) is 13.5. The number of rotatable bonds is 3. The first-order valence-electron chi connectivity index (χ1n) is 8.91. The molecule has 3 N–H and O–H groups in total. The molecule has 1 atom stereocenters. The Hall–Kier alpha value is -2.94. The number of ether oxygens (including phenoxy) is 2. The zero-order valence-electron chi connectivity index (χ0n) is 15.5. The van der Waals surface area contributed by atoms with Crippen LogP contribution >= 0.6 is 11.8 Å². The summed E-state index contributed by atoms with van der Waals surface area (Å²) in [6.45, 7) is 3.97. The van der Waals surface area contributed by atoms with Gasteiger partial charge < -0.3 is 15.2 Å². The smallest absolute Gasteiger partial charge is 0.340 e. The third kappa shape index (κ3) is 3.22. The first-order valence-corrected chi connectivity index (χ1v) is 9.79. The molecule has 0 aliphatic carbocycles. The third-order valence-corrected chi connectivity index (χ3v) is 5.75. The summed E-state index contributed by atoms with van der Waals surface area (Å²) in [5, 5.41) is 5.93. The van der Waals surface area contributed by atoms with Crippen molar-refractivity contribution in [3.63, 3.8) is 0 Å². The minimum Gasteiger partial charge on any atom is -0.492 e. The Morgan fingerprint density at radius 1 is 1.39 bits per heavy atom. The van der Waals surface area contributed by atoms with Crippen LogP contribution in [-0.4, -0.2) is 45.2 Å². The third-order valence-electron chi connectivity index (χ3n) is 4.44. The largest absolute Gasteiger partial charge is 0.492 e. The lowest BCUT2D eigenvalue weighted by Gasteiger charge is -2.25. The van der Waals surface area contributed by atoms with Crippen LogP contribution in [-0.2, 0) is 9.53 Å². The molecule has 2 aliphatic heterocycles. The Balaban J connectivity index is 1.75. The standard InChI is InChI=1S/C19H20N4O4S/c1-10(2)27-18(24)17-23(19(20)25)16-13-4-3-11(12-8-21-22-9-12)7-14(13)26-6-5-15(16)28-17/h3-4,7-10,17H,5-6H2,1-2H3,(H2,20,25)(H,21,22). The van der Waals surface area contributed by atoms with Crippen LogP contribution in [0.15, 0.2) is 35.5 Å². The highest BCUT2D eigenvalue weighted by Gasteiger charge is 2.43. The first kappa shape index (κ1) is 18.4. The number of H-pyrrole nitrogens is 1. The molecule has 4 rings (SSSR count). The number of nitrogens with zero attached hydrogens (tertiary/aromatic N) is 2. The lowest BCUT2D eigenvalue weighted by Crippen LogP contribution is -2.43. The molecule has 0 saturated heterocycles. The van der Waals surface area contributed by atoms with E-state index in [1.54, 1.807) is 26.2 Å². The van der Waals surface area contributed by atoms with E-state index in [2.05, 4.69) is 10.2 Å². The van der Waals surface area contributed by atoms with Gasteiger partial charge in [-0.2, -0.15) is 5.10 Å². The predicted octanol–water partition coefficient (Wildman–Crippen LogP) is 2.93. The van der Waals surface area contributed by atoms with Gasteiger partial charge in [0, 0.05) is 28.6 Å². The van der Waals surface area contributed by atoms with Gasteiger partial charge in [-0.15, -0.1) is 0 Å². The van der Waals surface area contributed by atoms with Gasteiger partial charge in [0.05, 0.1) is 24.6 Å². The summed E-state index contributed by atoms with van der Waals surface area (Å²) in [5.74, 6) is 0.151. The molecule has 146 valence electrons. The summed E-state index contributed by atoms with van der Waals surface area (Å²) in [7, 11) is 0. The number of hydrogen-bond donors (Lipinski definition) is 2. The van der Waals surface area contributed by atoms with Crippen molar-refractivity contribution in [2.24, 2.45) is 5.73 Å². The van der Waals surface area contributed by atoms with Crippen LogP contribution in [0.5, 0.6) is 5.75 Å². The normalized spacial score (nSPS) is 18.4. The summed E-state index contributed by atoms with van der Waals surface area (Å²) in [6.07, 6.45) is 3.81. The van der Waals surface area contributed by atoms with Gasteiger partial charge in [-0.25, -0.2) is 9.59 Å². The molecule has 28 heavy (non-hydrogen) atoms. The van der Waals surface area contributed by atoms with Crippen LogP contribution in [0.25, 0.3) is 16.8 Å². The molecule has 0 radical (unpaired) electrons. The number of nitrogens with two attached hydrogens (primary N) is 1. The van der Waals surface area contributed by atoms with Crippen molar-refractivity contribution in [1.29, 1.82) is 0 Å². The minimum absolute atomic E-state index is 0.281. The molecule has 1 aromatic carbocycles. The van der Waals surface area contributed by atoms with E-state index < -0.39 is 17.4 Å². The summed E-state index contributed by atoms with van der Waals surface area (Å²) < 4.78 is 11.3. The number of thioether (sulfide) groups is 1. The van der Waals surface area contributed by atoms with E-state index in [1.165, 1.54) is 16.7 Å². The SMILES string of the molecule is CC(C)OC(=O)C1SC2=C(c3ccc(-c4cn[nH]c4)cc3OCC2)N1C(N)=O. The quantitative estimate of drug-likeness (QED) is 0.767. The molecule has 2 aliphatic rings. The van der Waals surface area contributed by atoms with Crippen molar-refractivity contribution in [3.8, 4) is 16.9 Å². The fourth-order valence-corrected chi connectivity index (χ4v) is 4.56. The number of hydrogen-bond acceptors (Lipinski definition) is 6. The Morgan fingerprint density at radius 3 is 2.89 bits per heavy atom. The van der Waals surface area contributed by atoms with Crippen LogP contribution in [0.2, 0.25) is 0 Å². The molecule has 9 heteroatoms. The average molecular weight is 400 g/mol. The molecule has 1 unspecified atom stereocenters. The summed E-state index contributed by atoms with van der Waals surface area (Å²) in [4.78, 5) is 27.0. The second-order valence-electron chi connectivity index (χ2n) is 6.73. The fraction of sp³-hybridized carbons (Fsp3) is 0.316. The monoisotopic (exact) mass is 400 g/mol. The Labute approximate surface area is 166 Å². The number of aromatic amines is 1. The molecule has 0 fully saturated rings. The van der Waals surface area contributed by atoms with E-state index >= 15 is 0 Å². The predicted molar refractivity (Wildman–Crippen MR) is 105 cm³/mol. The second-order valence-corrected chi connectivity index (χ2v) is 7.91. The number of carbonyl (C=O) groups is 2. The minimum atomic E-state index is -0.829. The molecule has 2 aromatic rings. The van der Waals surface area contributed by atoms with Gasteiger partial charge in [0.15, 0.2) is 5.37 Å². The molecule has 1 aromatic heterocycles. The number of amides is 2. The second kappa shape index (κ2) is 7.23. The molecule has 0 saturated carbocycles. The van der Waals surface area contributed by atoms with Crippen LogP contribution in [0.1, 0.15) is 25.8 Å². The van der Waals surface area contributed by atoms with Gasteiger partial charge in [0.2, 0.25) is 0 Å². The van der Waals surface area contributed by atoms with Crippen LogP contribution in [0.4, 0.5) is 4.79 Å². The molecule has 8 nitrogen and oxygen atoms in total. The average Bonchev–Trinajstić information content (AvgIpc) is 3.26. The zero-order chi connectivity index (χ0) is 19.8. The van der Waals surface area contributed by atoms with E-state index in [4.69, 9.17) is 15.2 Å². The number of nitrogens with one attached hydrogen (secondary N) is 1. The van der Waals surface area contributed by atoms with E-state index in [9.17, 15) is 9.59 Å². The summed E-state index contributed by atoms with van der Waals surface area (Å²) >= 11 is 1.30. The highest BCUT2D eigenvalue weighted by Crippen LogP contribution is 2.49. The van der Waals surface area contributed by atoms with Gasteiger partial charge in [-0.3, -0.25) is 10.00 Å². The zero-order valence-corrected chi connectivity index (χ0v) is 16.3. The number of benzene rings is 1. The highest BCUT2D eigenvalue weighted by molar-refractivity contribution is 8.04. The van der Waals surface area contributed by atoms with Crippen LogP contribution in [0, 0.1) is 0 Å². The van der Waals surface area contributed by atoms with Gasteiger partial charge in [-0.05, 0) is 31.5 Å². The van der Waals surface area contributed by atoms with E-state index in [1.807, 2.05) is 18.2 Å². The molecule has 0 spiro atoms. The molecule has 0 bridgehead atoms. The molecule has 3 heterocycles. The number of aromatic nitrogens is 2. The number of fused-ring (bicyclic) bond motifs is 2. The number of urea groups is 1. The maximum atomic E-state index is 12.6. The lowest BCUT2D eigenvalue weighted by atomic mass is 10.0. The van der Waals surface area contributed by atoms with Crippen molar-refractivity contribution in [3.05, 3.63) is 41.1 Å². The molecular formula is C19H20N4O4S. The van der Waals surface area contributed by atoms with Gasteiger partial charge in [0.1, 0.15) is 5.75 Å². The maximum absolute atomic E-state index is 12.6. The van der Waals surface area contributed by atoms with Crippen molar-refractivity contribution in [2.45, 2.75) is 31.7 Å². The Kier molecular flexibility index (Phi) is 4.76. The molecular weight excluding hydrogens is 380 g/mol.